The number of rotatable bonds is 9. The van der Waals surface area contributed by atoms with Gasteiger partial charge < -0.3 is 19.9 Å². The second-order valence-electron chi connectivity index (χ2n) is 6.09. The number of nitrogens with zero attached hydrogens (tertiary/aromatic N) is 5. The van der Waals surface area contributed by atoms with E-state index in [2.05, 4.69) is 44.7 Å². The van der Waals surface area contributed by atoms with Gasteiger partial charge in [0.15, 0.2) is 11.8 Å². The van der Waals surface area contributed by atoms with Crippen LogP contribution in [0.1, 0.15) is 33.6 Å². The normalized spacial score (nSPS) is 11.4. The van der Waals surface area contributed by atoms with E-state index >= 15 is 0 Å². The Labute approximate surface area is 182 Å². The van der Waals surface area contributed by atoms with Crippen LogP contribution in [0, 0.1) is 20.8 Å². The lowest BCUT2D eigenvalue weighted by atomic mass is 10.4. The number of halogens is 1. The predicted molar refractivity (Wildman–Crippen MR) is 120 cm³/mol. The highest BCUT2D eigenvalue weighted by Crippen LogP contribution is 2.16. The average molecular weight is 507 g/mol. The van der Waals surface area contributed by atoms with Crippen LogP contribution in [0.2, 0.25) is 0 Å². The Morgan fingerprint density at radius 2 is 1.93 bits per heavy atom. The maximum atomic E-state index is 5.10. The minimum absolute atomic E-state index is 0. The van der Waals surface area contributed by atoms with E-state index in [1.807, 2.05) is 18.5 Å². The van der Waals surface area contributed by atoms with Crippen LogP contribution >= 0.6 is 35.3 Å². The van der Waals surface area contributed by atoms with Crippen molar-refractivity contribution in [2.75, 3.05) is 26.8 Å². The predicted octanol–water partition coefficient (Wildman–Crippen LogP) is 2.13. The number of guanidine groups is 1. The van der Waals surface area contributed by atoms with Gasteiger partial charge in [-0.2, -0.15) is 0 Å². The molecule has 2 aromatic heterocycles. The third kappa shape index (κ3) is 7.70. The summed E-state index contributed by atoms with van der Waals surface area (Å²) in [5.74, 6) is 2.49. The molecule has 152 valence electrons. The van der Waals surface area contributed by atoms with Gasteiger partial charge in [0.1, 0.15) is 12.4 Å². The number of ether oxygens (including phenoxy) is 1. The van der Waals surface area contributed by atoms with Crippen LogP contribution in [-0.4, -0.2) is 52.5 Å². The Hall–Kier alpha value is -1.27. The maximum absolute atomic E-state index is 5.10. The summed E-state index contributed by atoms with van der Waals surface area (Å²) >= 11 is 1.76. The van der Waals surface area contributed by atoms with Crippen molar-refractivity contribution in [2.24, 2.45) is 12.0 Å². The van der Waals surface area contributed by atoms with Crippen molar-refractivity contribution in [3.05, 3.63) is 27.2 Å². The summed E-state index contributed by atoms with van der Waals surface area (Å²) < 4.78 is 7.05. The monoisotopic (exact) mass is 507 g/mol. The molecule has 0 saturated carbocycles. The number of aliphatic imine (C=N–C) groups is 1. The van der Waals surface area contributed by atoms with Gasteiger partial charge in [-0.3, -0.25) is 0 Å². The molecule has 0 unspecified atom stereocenters. The number of hydrogen-bond donors (Lipinski definition) is 2. The van der Waals surface area contributed by atoms with Crippen LogP contribution in [0.15, 0.2) is 4.99 Å². The highest BCUT2D eigenvalue weighted by Gasteiger charge is 2.07. The van der Waals surface area contributed by atoms with Gasteiger partial charge in [0, 0.05) is 45.2 Å². The topological polar surface area (TPSA) is 89.2 Å². The molecule has 27 heavy (non-hydrogen) atoms. The van der Waals surface area contributed by atoms with Crippen molar-refractivity contribution in [2.45, 2.75) is 40.2 Å². The van der Waals surface area contributed by atoms with Gasteiger partial charge in [-0.25, -0.2) is 9.98 Å². The van der Waals surface area contributed by atoms with E-state index in [1.165, 1.54) is 4.88 Å². The van der Waals surface area contributed by atoms with Crippen molar-refractivity contribution < 1.29 is 4.74 Å². The van der Waals surface area contributed by atoms with E-state index in [0.29, 0.717) is 6.54 Å². The molecule has 0 aromatic carbocycles. The van der Waals surface area contributed by atoms with Crippen LogP contribution in [-0.2, 0) is 24.8 Å². The van der Waals surface area contributed by atoms with Gasteiger partial charge in [0.05, 0.1) is 10.7 Å². The molecule has 2 aromatic rings. The van der Waals surface area contributed by atoms with Crippen molar-refractivity contribution in [1.29, 1.82) is 0 Å². The van der Waals surface area contributed by atoms with E-state index in [1.54, 1.807) is 18.4 Å². The van der Waals surface area contributed by atoms with E-state index in [-0.39, 0.29) is 24.0 Å². The molecule has 0 fully saturated rings. The fourth-order valence-corrected chi connectivity index (χ4v) is 3.20. The summed E-state index contributed by atoms with van der Waals surface area (Å²) in [6.45, 7) is 8.87. The maximum Gasteiger partial charge on any atom is 0.191 e. The number of aryl methyl sites for hydroxylation is 3. The van der Waals surface area contributed by atoms with E-state index < -0.39 is 0 Å². The molecule has 0 aliphatic rings. The lowest BCUT2D eigenvalue weighted by molar-refractivity contribution is 0.195. The van der Waals surface area contributed by atoms with Crippen LogP contribution in [0.3, 0.4) is 0 Å². The van der Waals surface area contributed by atoms with Gasteiger partial charge in [-0.1, -0.05) is 0 Å². The molecule has 0 bridgehead atoms. The number of aromatic nitrogens is 4. The molecule has 0 atom stereocenters. The first-order valence-corrected chi connectivity index (χ1v) is 9.61. The second-order valence-corrected chi connectivity index (χ2v) is 7.37. The average Bonchev–Trinajstić information content (AvgIpc) is 3.11. The Kier molecular flexibility index (Phi) is 10.8. The summed E-state index contributed by atoms with van der Waals surface area (Å²) in [5.41, 5.74) is 1.12. The minimum Gasteiger partial charge on any atom is -0.385 e. The van der Waals surface area contributed by atoms with Gasteiger partial charge >= 0.3 is 0 Å². The molecule has 8 nitrogen and oxygen atoms in total. The van der Waals surface area contributed by atoms with Gasteiger partial charge in [0.2, 0.25) is 0 Å². The molecule has 0 amide bonds. The molecule has 0 saturated heterocycles. The molecule has 2 heterocycles. The molecule has 0 spiro atoms. The first kappa shape index (κ1) is 23.8. The summed E-state index contributed by atoms with van der Waals surface area (Å²) in [6, 6.07) is 0. The first-order valence-electron chi connectivity index (χ1n) is 8.80. The fourth-order valence-electron chi connectivity index (χ4n) is 2.27. The van der Waals surface area contributed by atoms with Gasteiger partial charge in [-0.05, 0) is 27.2 Å². The number of nitrogens with one attached hydrogen (secondary N) is 2. The SMILES string of the molecule is COCCCNC(=NCc1nnc(C)n1C)NCCc1nc(C)c(C)s1.I. The summed E-state index contributed by atoms with van der Waals surface area (Å²) in [5, 5.41) is 16.1. The van der Waals surface area contributed by atoms with Crippen LogP contribution in [0.5, 0.6) is 0 Å². The highest BCUT2D eigenvalue weighted by molar-refractivity contribution is 14.0. The standard InChI is InChI=1S/C17H29N7OS.HI/c1-12-13(2)26-16(21-12)7-9-19-17(18-8-6-10-25-5)20-11-15-23-22-14(3)24(15)4;/h6-11H2,1-5H3,(H2,18,19,20);1H. The molecular weight excluding hydrogens is 477 g/mol. The number of thiazole rings is 1. The summed E-state index contributed by atoms with van der Waals surface area (Å²) in [6.07, 6.45) is 1.80. The quantitative estimate of drug-likeness (QED) is 0.234. The van der Waals surface area contributed by atoms with Crippen LogP contribution in [0.4, 0.5) is 0 Å². The summed E-state index contributed by atoms with van der Waals surface area (Å²) in [4.78, 5) is 10.5. The smallest absolute Gasteiger partial charge is 0.191 e. The second kappa shape index (κ2) is 12.2. The molecule has 2 rings (SSSR count). The zero-order valence-corrected chi connectivity index (χ0v) is 19.9. The van der Waals surface area contributed by atoms with Gasteiger partial charge in [0.25, 0.3) is 0 Å². The molecular formula is C17H30IN7OS. The zero-order valence-electron chi connectivity index (χ0n) is 16.7. The Morgan fingerprint density at radius 1 is 1.19 bits per heavy atom. The van der Waals surface area contributed by atoms with E-state index in [0.717, 1.165) is 60.8 Å². The number of methoxy groups -OCH3 is 1. The van der Waals surface area contributed by atoms with E-state index in [9.17, 15) is 0 Å². The van der Waals surface area contributed by atoms with Crippen molar-refractivity contribution >= 4 is 41.3 Å². The van der Waals surface area contributed by atoms with Gasteiger partial charge in [-0.15, -0.1) is 45.5 Å². The molecule has 0 radical (unpaired) electrons. The zero-order chi connectivity index (χ0) is 18.9. The third-order valence-electron chi connectivity index (χ3n) is 4.08. The largest absolute Gasteiger partial charge is 0.385 e. The molecule has 0 aliphatic heterocycles. The number of hydrogen-bond acceptors (Lipinski definition) is 6. The third-order valence-corrected chi connectivity index (χ3v) is 5.22. The lowest BCUT2D eigenvalue weighted by Crippen LogP contribution is -2.39. The summed E-state index contributed by atoms with van der Waals surface area (Å²) in [7, 11) is 3.66. The molecule has 10 heteroatoms. The fraction of sp³-hybridized carbons (Fsp3) is 0.647. The van der Waals surface area contributed by atoms with Crippen molar-refractivity contribution in [1.82, 2.24) is 30.4 Å². The molecule has 0 aliphatic carbocycles. The first-order chi connectivity index (χ1) is 12.5. The Morgan fingerprint density at radius 3 is 2.52 bits per heavy atom. The Bertz CT molecular complexity index is 709. The van der Waals surface area contributed by atoms with E-state index in [4.69, 9.17) is 4.74 Å². The minimum atomic E-state index is 0. The highest BCUT2D eigenvalue weighted by atomic mass is 127. The lowest BCUT2D eigenvalue weighted by Gasteiger charge is -2.12. The van der Waals surface area contributed by atoms with Crippen LogP contribution < -0.4 is 10.6 Å². The Balaban J connectivity index is 0.00000364. The molecule has 2 N–H and O–H groups in total. The van der Waals surface area contributed by atoms with Crippen LogP contribution in [0.25, 0.3) is 0 Å². The van der Waals surface area contributed by atoms with Crippen molar-refractivity contribution in [3.63, 3.8) is 0 Å². The van der Waals surface area contributed by atoms with Crippen molar-refractivity contribution in [3.8, 4) is 0 Å².